The molecule has 21 heteroatoms. The van der Waals surface area contributed by atoms with E-state index in [9.17, 15) is 78.7 Å². The van der Waals surface area contributed by atoms with Gasteiger partial charge in [0.25, 0.3) is 0 Å². The first-order chi connectivity index (χ1) is 16.4. The van der Waals surface area contributed by atoms with Gasteiger partial charge in [0.05, 0.1) is 22.0 Å². The van der Waals surface area contributed by atoms with E-state index in [2.05, 4.69) is 4.28 Å². The van der Waals surface area contributed by atoms with E-state index < -0.39 is 96.2 Å². The fourth-order valence-electron chi connectivity index (χ4n) is 2.52. The Hall–Kier alpha value is -3.00. The van der Waals surface area contributed by atoms with Gasteiger partial charge in [-0.05, 0) is 6.92 Å². The number of fused-ring (bicyclic) bond motifs is 1. The van der Waals surface area contributed by atoms with Crippen molar-refractivity contribution in [1.29, 1.82) is 0 Å². The largest absolute Gasteiger partial charge is 0.460 e. The highest BCUT2D eigenvalue weighted by Gasteiger charge is 2.86. The lowest BCUT2D eigenvalue weighted by atomic mass is 10.0. The second-order valence-corrected chi connectivity index (χ2v) is 8.26. The standard InChI is InChI=1S/C16H3F16NO3S/c1-2(33-36-37(34,35)16(31,32)14(26,27)13(24,25)15(28,29)30)3-6(17)4-5(8(19)7(3)18)10(21)12(23)11(22)9(4)20/h1H3/b33-2+. The maximum Gasteiger partial charge on any atom is 0.460 e. The summed E-state index contributed by atoms with van der Waals surface area (Å²) in [5.74, 6) is -34.5. The smallest absolute Gasteiger partial charge is 0.264 e. The third kappa shape index (κ3) is 4.19. The Morgan fingerprint density at radius 3 is 1.41 bits per heavy atom. The van der Waals surface area contributed by atoms with Gasteiger partial charge in [0.1, 0.15) is 5.82 Å². The van der Waals surface area contributed by atoms with E-state index in [0.29, 0.717) is 0 Å². The summed E-state index contributed by atoms with van der Waals surface area (Å²) in [6.07, 6.45) is -7.45. The molecule has 0 saturated heterocycles. The van der Waals surface area contributed by atoms with Gasteiger partial charge in [-0.1, -0.05) is 5.16 Å². The first-order valence-corrected chi connectivity index (χ1v) is 9.79. The van der Waals surface area contributed by atoms with Crippen molar-refractivity contribution >= 4 is 26.6 Å². The van der Waals surface area contributed by atoms with Gasteiger partial charge in [-0.25, -0.2) is 30.7 Å². The predicted molar refractivity (Wildman–Crippen MR) is 86.8 cm³/mol. The Balaban J connectivity index is 2.70. The fourth-order valence-corrected chi connectivity index (χ4v) is 3.26. The van der Waals surface area contributed by atoms with Gasteiger partial charge < -0.3 is 0 Å². The molecule has 2 aromatic carbocycles. The van der Waals surface area contributed by atoms with Gasteiger partial charge in [0, 0.05) is 0 Å². The summed E-state index contributed by atoms with van der Waals surface area (Å²) in [5, 5.41) is -9.95. The first-order valence-electron chi connectivity index (χ1n) is 8.38. The first kappa shape index (κ1) is 30.2. The molecule has 0 amide bonds. The molecule has 37 heavy (non-hydrogen) atoms. The second-order valence-electron chi connectivity index (χ2n) is 6.69. The Bertz CT molecular complexity index is 1410. The lowest BCUT2D eigenvalue weighted by molar-refractivity contribution is -0.382. The fraction of sp³-hybridized carbons (Fsp3) is 0.312. The molecule has 0 heterocycles. The molecular formula is C16H3F16NO3S. The van der Waals surface area contributed by atoms with E-state index in [1.54, 1.807) is 0 Å². The van der Waals surface area contributed by atoms with E-state index >= 15 is 0 Å². The number of rotatable bonds is 6. The van der Waals surface area contributed by atoms with Crippen molar-refractivity contribution in [2.45, 2.75) is 30.2 Å². The summed E-state index contributed by atoms with van der Waals surface area (Å²) in [7, 11) is -7.70. The third-order valence-corrected chi connectivity index (χ3v) is 5.56. The van der Waals surface area contributed by atoms with Gasteiger partial charge in [-0.15, -0.1) is 0 Å². The Labute approximate surface area is 192 Å². The van der Waals surface area contributed by atoms with Crippen LogP contribution in [0.4, 0.5) is 70.2 Å². The Morgan fingerprint density at radius 1 is 0.622 bits per heavy atom. The number of hydrogen-bond donors (Lipinski definition) is 0. The molecule has 0 aliphatic rings. The van der Waals surface area contributed by atoms with E-state index in [4.69, 9.17) is 0 Å². The molecule has 0 unspecified atom stereocenters. The molecule has 0 spiro atoms. The highest BCUT2D eigenvalue weighted by Crippen LogP contribution is 2.55. The Kier molecular flexibility index (Phi) is 7.18. The van der Waals surface area contributed by atoms with Crippen molar-refractivity contribution in [2.24, 2.45) is 5.16 Å². The van der Waals surface area contributed by atoms with Crippen LogP contribution in [0.3, 0.4) is 0 Å². The average molecular weight is 593 g/mol. The predicted octanol–water partition coefficient (Wildman–Crippen LogP) is 6.31. The van der Waals surface area contributed by atoms with Gasteiger partial charge in [-0.2, -0.15) is 47.9 Å². The Morgan fingerprint density at radius 2 is 1.00 bits per heavy atom. The molecule has 0 aliphatic carbocycles. The number of alkyl halides is 9. The van der Waals surface area contributed by atoms with Crippen molar-refractivity contribution in [2.75, 3.05) is 0 Å². The number of hydrogen-bond acceptors (Lipinski definition) is 4. The van der Waals surface area contributed by atoms with Crippen LogP contribution < -0.4 is 0 Å². The van der Waals surface area contributed by atoms with E-state index in [1.807, 2.05) is 5.16 Å². The van der Waals surface area contributed by atoms with Crippen LogP contribution >= 0.6 is 0 Å². The van der Waals surface area contributed by atoms with E-state index in [0.717, 1.165) is 0 Å². The highest BCUT2D eigenvalue weighted by atomic mass is 32.2. The van der Waals surface area contributed by atoms with Crippen molar-refractivity contribution in [3.63, 3.8) is 0 Å². The van der Waals surface area contributed by atoms with Crippen molar-refractivity contribution in [3.8, 4) is 0 Å². The van der Waals surface area contributed by atoms with E-state index in [1.165, 1.54) is 0 Å². The third-order valence-electron chi connectivity index (χ3n) is 4.40. The van der Waals surface area contributed by atoms with Gasteiger partial charge in [0.2, 0.25) is 0 Å². The summed E-state index contributed by atoms with van der Waals surface area (Å²) in [6.45, 7) is 0.0526. The van der Waals surface area contributed by atoms with E-state index in [-0.39, 0.29) is 6.92 Å². The summed E-state index contributed by atoms with van der Waals surface area (Å²) >= 11 is 0. The van der Waals surface area contributed by atoms with Crippen LogP contribution in [-0.4, -0.2) is 37.4 Å². The topological polar surface area (TPSA) is 55.7 Å². The lowest BCUT2D eigenvalue weighted by Crippen LogP contribution is -2.63. The quantitative estimate of drug-likeness (QED) is 0.130. The van der Waals surface area contributed by atoms with Crippen molar-refractivity contribution in [1.82, 2.24) is 0 Å². The average Bonchev–Trinajstić information content (AvgIpc) is 2.76. The van der Waals surface area contributed by atoms with Crippen molar-refractivity contribution < 1.29 is 82.9 Å². The van der Waals surface area contributed by atoms with Gasteiger partial charge in [0.15, 0.2) is 34.9 Å². The highest BCUT2D eigenvalue weighted by molar-refractivity contribution is 7.87. The normalized spacial score (nSPS) is 14.5. The van der Waals surface area contributed by atoms with Crippen LogP contribution in [0.25, 0.3) is 10.8 Å². The number of benzene rings is 2. The van der Waals surface area contributed by atoms with Crippen LogP contribution in [0.5, 0.6) is 0 Å². The molecule has 0 aromatic heterocycles. The zero-order valence-corrected chi connectivity index (χ0v) is 17.4. The molecule has 4 nitrogen and oxygen atoms in total. The molecule has 0 aliphatic heterocycles. The maximum atomic E-state index is 14.6. The SMILES string of the molecule is C/C(=N\OS(=O)(=O)C(F)(F)C(F)(F)C(F)(F)C(F)(F)F)c1c(F)c(F)c2c(F)c(F)c(F)c(F)c2c1F. The summed E-state index contributed by atoms with van der Waals surface area (Å²) in [4.78, 5) is 0. The monoisotopic (exact) mass is 593 g/mol. The lowest BCUT2D eigenvalue weighted by Gasteiger charge is -2.31. The maximum absolute atomic E-state index is 14.6. The number of halogens is 16. The van der Waals surface area contributed by atoms with Crippen LogP contribution in [0.1, 0.15) is 12.5 Å². The molecule has 0 radical (unpaired) electrons. The molecule has 2 rings (SSSR count). The van der Waals surface area contributed by atoms with Crippen LogP contribution in [0, 0.1) is 40.7 Å². The molecule has 0 bridgehead atoms. The zero-order chi connectivity index (χ0) is 29.3. The van der Waals surface area contributed by atoms with Crippen LogP contribution in [-0.2, 0) is 14.4 Å². The molecule has 2 aromatic rings. The van der Waals surface area contributed by atoms with Gasteiger partial charge in [-0.3, -0.25) is 4.28 Å². The summed E-state index contributed by atoms with van der Waals surface area (Å²) in [6, 6.07) is 0. The zero-order valence-electron chi connectivity index (χ0n) is 16.6. The summed E-state index contributed by atoms with van der Waals surface area (Å²) < 4.78 is 238. The molecule has 0 atom stereocenters. The minimum atomic E-state index is -7.78. The molecule has 0 N–H and O–H groups in total. The molecular weight excluding hydrogens is 590 g/mol. The number of oxime groups is 1. The minimum absolute atomic E-state index is 0.0526. The number of nitrogens with zero attached hydrogens (tertiary/aromatic N) is 1. The second kappa shape index (κ2) is 8.79. The molecule has 0 saturated carbocycles. The summed E-state index contributed by atoms with van der Waals surface area (Å²) in [5.41, 5.74) is -4.12. The molecule has 208 valence electrons. The minimum Gasteiger partial charge on any atom is -0.264 e. The van der Waals surface area contributed by atoms with Crippen LogP contribution in [0.15, 0.2) is 5.16 Å². The van der Waals surface area contributed by atoms with Crippen molar-refractivity contribution in [3.05, 3.63) is 46.3 Å². The molecule has 0 fully saturated rings. The van der Waals surface area contributed by atoms with Gasteiger partial charge >= 0.3 is 33.4 Å². The van der Waals surface area contributed by atoms with Crippen LogP contribution in [0.2, 0.25) is 0 Å².